The third-order valence-corrected chi connectivity index (χ3v) is 6.50. The van der Waals surface area contributed by atoms with Gasteiger partial charge in [0.1, 0.15) is 11.3 Å². The number of aromatic nitrogens is 6. The molecular weight excluding hydrogens is 496 g/mol. The number of nitrogens with two attached hydrogens (primary N) is 1. The predicted octanol–water partition coefficient (Wildman–Crippen LogP) is 4.72. The van der Waals surface area contributed by atoms with Gasteiger partial charge in [-0.1, -0.05) is 6.07 Å². The van der Waals surface area contributed by atoms with E-state index in [2.05, 4.69) is 44.7 Å². The van der Waals surface area contributed by atoms with Crippen LogP contribution >= 0.6 is 0 Å². The highest BCUT2D eigenvalue weighted by Gasteiger charge is 2.13. The van der Waals surface area contributed by atoms with Crippen molar-refractivity contribution >= 4 is 34.1 Å². The monoisotopic (exact) mass is 528 g/mol. The lowest BCUT2D eigenvalue weighted by Gasteiger charge is -2.10. The van der Waals surface area contributed by atoms with Gasteiger partial charge in [0, 0.05) is 24.7 Å². The molecule has 0 aliphatic carbocycles. The molecule has 11 heteroatoms. The first kappa shape index (κ1) is 26.0. The van der Waals surface area contributed by atoms with Crippen molar-refractivity contribution in [2.45, 2.75) is 45.8 Å². The lowest BCUT2D eigenvalue weighted by atomic mass is 10.2. The maximum Gasteiger partial charge on any atom is 0.407 e. The van der Waals surface area contributed by atoms with Crippen LogP contribution in [0.25, 0.3) is 33.6 Å². The van der Waals surface area contributed by atoms with Crippen LogP contribution in [0.4, 0.5) is 10.6 Å². The Morgan fingerprint density at radius 3 is 2.64 bits per heavy atom. The number of fused-ring (bicyclic) bond motifs is 2. The molecule has 0 unspecified atom stereocenters. The van der Waals surface area contributed by atoms with E-state index < -0.39 is 6.09 Å². The van der Waals surface area contributed by atoms with Gasteiger partial charge in [0.15, 0.2) is 17.3 Å². The summed E-state index contributed by atoms with van der Waals surface area (Å²) in [7, 11) is 1.62. The van der Waals surface area contributed by atoms with Crippen LogP contribution in [0.15, 0.2) is 55.1 Å². The zero-order chi connectivity index (χ0) is 27.4. The Morgan fingerprint density at radius 1 is 1.05 bits per heavy atom. The second-order valence-corrected chi connectivity index (χ2v) is 9.54. The number of hydrogen-bond acceptors (Lipinski definition) is 8. The van der Waals surface area contributed by atoms with Crippen LogP contribution in [-0.4, -0.2) is 48.9 Å². The molecular formula is C28H32N8O3. The standard InChI is InChI=1S/C28H32N8O3/c1-18(2)36-17-31-22-11-6-19(14-23(22)36)15-30-28(37)39-13-5-4-12-35-16-32-24-25(29)33-26(34-27(24)35)20-7-9-21(38-3)10-8-20/h6-11,14,16-18H,4-5,12-13,15H2,1-3H3,(H,30,37)(H2,29,33,34). The van der Waals surface area contributed by atoms with Crippen molar-refractivity contribution in [3.05, 3.63) is 60.7 Å². The SMILES string of the molecule is COc1ccc(-c2nc(N)c3ncn(CCCCOC(=O)NCc4ccc5ncn(C(C)C)c5c4)c3n2)cc1. The van der Waals surface area contributed by atoms with Gasteiger partial charge in [-0.25, -0.2) is 24.7 Å². The number of aryl methyl sites for hydroxylation is 1. The van der Waals surface area contributed by atoms with Crippen molar-refractivity contribution < 1.29 is 14.3 Å². The molecule has 0 saturated heterocycles. The smallest absolute Gasteiger partial charge is 0.407 e. The predicted molar refractivity (Wildman–Crippen MR) is 149 cm³/mol. The summed E-state index contributed by atoms with van der Waals surface area (Å²) in [5.74, 6) is 1.61. The quantitative estimate of drug-likeness (QED) is 0.249. The van der Waals surface area contributed by atoms with Gasteiger partial charge in [0.05, 0.1) is 37.4 Å². The average molecular weight is 529 g/mol. The normalized spacial score (nSPS) is 11.4. The number of carbonyl (C=O) groups excluding carboxylic acids is 1. The zero-order valence-electron chi connectivity index (χ0n) is 22.3. The maximum absolute atomic E-state index is 12.2. The second-order valence-electron chi connectivity index (χ2n) is 9.54. The lowest BCUT2D eigenvalue weighted by molar-refractivity contribution is 0.143. The molecule has 0 fully saturated rings. The molecule has 0 atom stereocenters. The number of nitrogen functional groups attached to an aromatic ring is 1. The van der Waals surface area contributed by atoms with Crippen molar-refractivity contribution in [1.82, 2.24) is 34.4 Å². The Bertz CT molecular complexity index is 1590. The highest BCUT2D eigenvalue weighted by Crippen LogP contribution is 2.24. The summed E-state index contributed by atoms with van der Waals surface area (Å²) in [5.41, 5.74) is 11.2. The van der Waals surface area contributed by atoms with Crippen molar-refractivity contribution in [1.29, 1.82) is 0 Å². The number of hydrogen-bond donors (Lipinski definition) is 2. The van der Waals surface area contributed by atoms with Crippen LogP contribution in [-0.2, 0) is 17.8 Å². The third-order valence-electron chi connectivity index (χ3n) is 6.50. The van der Waals surface area contributed by atoms with Crippen LogP contribution in [0.1, 0.15) is 38.3 Å². The molecule has 0 saturated carbocycles. The number of anilines is 1. The number of rotatable bonds is 10. The molecule has 11 nitrogen and oxygen atoms in total. The Hall–Kier alpha value is -4.67. The minimum absolute atomic E-state index is 0.309. The molecule has 0 aliphatic rings. The first-order valence-electron chi connectivity index (χ1n) is 12.9. The van der Waals surface area contributed by atoms with Gasteiger partial charge in [0.25, 0.3) is 0 Å². The highest BCUT2D eigenvalue weighted by molar-refractivity contribution is 5.83. The maximum atomic E-state index is 12.2. The van der Waals surface area contributed by atoms with E-state index in [0.29, 0.717) is 55.0 Å². The summed E-state index contributed by atoms with van der Waals surface area (Å²) in [6.07, 6.45) is 4.58. The summed E-state index contributed by atoms with van der Waals surface area (Å²) < 4.78 is 14.6. The van der Waals surface area contributed by atoms with Gasteiger partial charge < -0.3 is 29.7 Å². The molecule has 0 radical (unpaired) electrons. The van der Waals surface area contributed by atoms with Crippen LogP contribution in [0, 0.1) is 0 Å². The number of imidazole rings is 2. The Morgan fingerprint density at radius 2 is 1.87 bits per heavy atom. The fraction of sp³-hybridized carbons (Fsp3) is 0.321. The van der Waals surface area contributed by atoms with E-state index in [1.54, 1.807) is 13.4 Å². The van der Waals surface area contributed by atoms with E-state index in [9.17, 15) is 4.79 Å². The lowest BCUT2D eigenvalue weighted by Crippen LogP contribution is -2.24. The van der Waals surface area contributed by atoms with Gasteiger partial charge in [-0.3, -0.25) is 0 Å². The Kier molecular flexibility index (Phi) is 7.57. The van der Waals surface area contributed by atoms with Crippen molar-refractivity contribution in [3.63, 3.8) is 0 Å². The summed E-state index contributed by atoms with van der Waals surface area (Å²) >= 11 is 0. The number of unbranched alkanes of at least 4 members (excludes halogenated alkanes) is 1. The number of alkyl carbamates (subject to hydrolysis) is 1. The van der Waals surface area contributed by atoms with Crippen molar-refractivity contribution in [2.24, 2.45) is 0 Å². The molecule has 3 heterocycles. The fourth-order valence-electron chi connectivity index (χ4n) is 4.37. The molecule has 0 bridgehead atoms. The average Bonchev–Trinajstić information content (AvgIpc) is 3.56. The van der Waals surface area contributed by atoms with Crippen molar-refractivity contribution in [2.75, 3.05) is 19.5 Å². The minimum Gasteiger partial charge on any atom is -0.497 e. The Labute approximate surface area is 226 Å². The first-order chi connectivity index (χ1) is 18.9. The van der Waals surface area contributed by atoms with E-state index in [0.717, 1.165) is 34.3 Å². The molecule has 5 rings (SSSR count). The van der Waals surface area contributed by atoms with Gasteiger partial charge in [-0.05, 0) is 68.7 Å². The summed E-state index contributed by atoms with van der Waals surface area (Å²) in [5, 5.41) is 2.82. The van der Waals surface area contributed by atoms with E-state index in [4.69, 9.17) is 20.2 Å². The molecule has 0 aliphatic heterocycles. The molecule has 2 aromatic carbocycles. The number of amides is 1. The molecule has 1 amide bonds. The molecule has 3 N–H and O–H groups in total. The van der Waals surface area contributed by atoms with E-state index in [1.807, 2.05) is 47.3 Å². The van der Waals surface area contributed by atoms with Crippen LogP contribution in [0.2, 0.25) is 0 Å². The van der Waals surface area contributed by atoms with Gasteiger partial charge in [0.2, 0.25) is 0 Å². The summed E-state index contributed by atoms with van der Waals surface area (Å²) in [6.45, 7) is 5.58. The molecule has 3 aromatic heterocycles. The number of carbonyl (C=O) groups is 1. The molecule has 0 spiro atoms. The second kappa shape index (κ2) is 11.4. The van der Waals surface area contributed by atoms with E-state index in [1.165, 1.54) is 0 Å². The molecule has 39 heavy (non-hydrogen) atoms. The molecule has 5 aromatic rings. The van der Waals surface area contributed by atoms with Crippen molar-refractivity contribution in [3.8, 4) is 17.1 Å². The van der Waals surface area contributed by atoms with E-state index >= 15 is 0 Å². The van der Waals surface area contributed by atoms with E-state index in [-0.39, 0.29) is 0 Å². The highest BCUT2D eigenvalue weighted by atomic mass is 16.5. The molecule has 202 valence electrons. The van der Waals surface area contributed by atoms with Gasteiger partial charge in [-0.2, -0.15) is 0 Å². The van der Waals surface area contributed by atoms with Gasteiger partial charge >= 0.3 is 6.09 Å². The van der Waals surface area contributed by atoms with Crippen LogP contribution in [0.3, 0.4) is 0 Å². The number of nitrogens with zero attached hydrogens (tertiary/aromatic N) is 6. The largest absolute Gasteiger partial charge is 0.497 e. The topological polar surface area (TPSA) is 135 Å². The Balaban J connectivity index is 1.11. The number of nitrogens with one attached hydrogen (secondary N) is 1. The first-order valence-corrected chi connectivity index (χ1v) is 12.9. The van der Waals surface area contributed by atoms with Crippen LogP contribution in [0.5, 0.6) is 5.75 Å². The van der Waals surface area contributed by atoms with Crippen LogP contribution < -0.4 is 15.8 Å². The fourth-order valence-corrected chi connectivity index (χ4v) is 4.37. The van der Waals surface area contributed by atoms with Gasteiger partial charge in [-0.15, -0.1) is 0 Å². The zero-order valence-corrected chi connectivity index (χ0v) is 22.3. The summed E-state index contributed by atoms with van der Waals surface area (Å²) in [6, 6.07) is 13.8. The number of ether oxygens (including phenoxy) is 2. The number of benzene rings is 2. The summed E-state index contributed by atoms with van der Waals surface area (Å²) in [4.78, 5) is 30.1. The minimum atomic E-state index is -0.440. The third kappa shape index (κ3) is 5.77. The number of methoxy groups -OCH3 is 1.